The van der Waals surface area contributed by atoms with Gasteiger partial charge in [-0.05, 0) is 78.6 Å². The van der Waals surface area contributed by atoms with E-state index in [0.29, 0.717) is 5.92 Å². The Bertz CT molecular complexity index is 514. The highest BCUT2D eigenvalue weighted by Crippen LogP contribution is 2.49. The molecule has 1 aliphatic heterocycles. The number of carbonyl (C=O) groups excluding carboxylic acids is 1. The van der Waals surface area contributed by atoms with E-state index in [0.717, 1.165) is 38.8 Å². The second-order valence-electron chi connectivity index (χ2n) is 9.82. The van der Waals surface area contributed by atoms with Gasteiger partial charge < -0.3 is 9.64 Å². The average Bonchev–Trinajstić information content (AvgIpc) is 2.75. The molecule has 0 bridgehead atoms. The van der Waals surface area contributed by atoms with E-state index in [4.69, 9.17) is 4.74 Å². The summed E-state index contributed by atoms with van der Waals surface area (Å²) in [6, 6.07) is 0.258. The second kappa shape index (κ2) is 7.18. The monoisotopic (exact) mass is 372 g/mol. The molecule has 1 spiro atoms. The Morgan fingerprint density at radius 1 is 1.12 bits per heavy atom. The fraction of sp³-hybridized carbons (Fsp3) is 0.947. The van der Waals surface area contributed by atoms with E-state index in [2.05, 4.69) is 11.6 Å². The van der Waals surface area contributed by atoms with Crippen molar-refractivity contribution in [2.24, 2.45) is 11.3 Å². The van der Waals surface area contributed by atoms with Crippen molar-refractivity contribution in [2.45, 2.75) is 90.5 Å². The van der Waals surface area contributed by atoms with Crippen LogP contribution in [0.4, 0.5) is 4.79 Å². The predicted octanol–water partition coefficient (Wildman–Crippen LogP) is 3.85. The summed E-state index contributed by atoms with van der Waals surface area (Å²) in [5, 5.41) is 0. The van der Waals surface area contributed by atoms with Crippen LogP contribution in [0.2, 0.25) is 0 Å². The van der Waals surface area contributed by atoms with E-state index in [1.165, 1.54) is 0 Å². The Kier molecular flexibility index (Phi) is 5.94. The Morgan fingerprint density at radius 2 is 1.68 bits per heavy atom. The number of likely N-dealkylation sites (tertiary alicyclic amines) is 1. The van der Waals surface area contributed by atoms with Crippen LogP contribution >= 0.6 is 0 Å². The van der Waals surface area contributed by atoms with Gasteiger partial charge in [-0.25, -0.2) is 13.7 Å². The first kappa shape index (κ1) is 20.7. The highest BCUT2D eigenvalue weighted by atomic mass is 32.2. The van der Waals surface area contributed by atoms with Gasteiger partial charge in [0.1, 0.15) is 5.60 Å². The molecule has 3 atom stereocenters. The summed E-state index contributed by atoms with van der Waals surface area (Å²) in [6.45, 7) is 15.4. The fourth-order valence-electron chi connectivity index (χ4n) is 4.00. The first-order valence-electron chi connectivity index (χ1n) is 9.50. The van der Waals surface area contributed by atoms with Crippen LogP contribution < -0.4 is 4.72 Å². The molecule has 0 aromatic carbocycles. The van der Waals surface area contributed by atoms with Gasteiger partial charge in [-0.15, -0.1) is 0 Å². The van der Waals surface area contributed by atoms with Crippen molar-refractivity contribution in [1.29, 1.82) is 0 Å². The molecule has 0 aromatic rings. The molecule has 2 fully saturated rings. The van der Waals surface area contributed by atoms with Crippen molar-refractivity contribution in [3.63, 3.8) is 0 Å². The maximum absolute atomic E-state index is 12.6. The number of amides is 1. The number of hydrogen-bond donors (Lipinski definition) is 1. The molecule has 1 saturated heterocycles. The van der Waals surface area contributed by atoms with Crippen LogP contribution in [0.15, 0.2) is 0 Å². The highest BCUT2D eigenvalue weighted by molar-refractivity contribution is 7.84. The number of rotatable bonds is 2. The molecule has 25 heavy (non-hydrogen) atoms. The maximum Gasteiger partial charge on any atom is 0.410 e. The standard InChI is InChI=1S/C19H36N2O3S/c1-14-8-9-19(15(14)20-25(23)18(5,6)7)10-12-21(13-11-19)16(22)24-17(2,3)4/h14-15,20H,8-13H2,1-7H3/t14?,15-,25-/m1/s1. The predicted molar refractivity (Wildman–Crippen MR) is 103 cm³/mol. The van der Waals surface area contributed by atoms with Gasteiger partial charge in [0.05, 0.1) is 15.7 Å². The van der Waals surface area contributed by atoms with E-state index in [1.54, 1.807) is 0 Å². The molecule has 5 nitrogen and oxygen atoms in total. The van der Waals surface area contributed by atoms with E-state index in [1.807, 2.05) is 46.4 Å². The van der Waals surface area contributed by atoms with E-state index in [-0.39, 0.29) is 22.3 Å². The summed E-state index contributed by atoms with van der Waals surface area (Å²) in [5.41, 5.74) is -0.305. The molecule has 1 unspecified atom stereocenters. The summed E-state index contributed by atoms with van der Waals surface area (Å²) in [6.07, 6.45) is 4.00. The van der Waals surface area contributed by atoms with Gasteiger partial charge in [0.15, 0.2) is 0 Å². The quantitative estimate of drug-likeness (QED) is 0.801. The van der Waals surface area contributed by atoms with Crippen LogP contribution in [0.5, 0.6) is 0 Å². The summed E-state index contributed by atoms with van der Waals surface area (Å²) in [5.74, 6) is 0.513. The van der Waals surface area contributed by atoms with Crippen LogP contribution in [-0.4, -0.2) is 44.7 Å². The number of nitrogens with one attached hydrogen (secondary N) is 1. The third-order valence-corrected chi connectivity index (χ3v) is 7.11. The summed E-state index contributed by atoms with van der Waals surface area (Å²) in [4.78, 5) is 14.1. The molecular weight excluding hydrogens is 336 g/mol. The summed E-state index contributed by atoms with van der Waals surface area (Å²) >= 11 is 0. The molecule has 1 saturated carbocycles. The zero-order chi connectivity index (χ0) is 19.0. The molecule has 1 N–H and O–H groups in total. The van der Waals surface area contributed by atoms with Crippen molar-refractivity contribution >= 4 is 17.1 Å². The molecule has 6 heteroatoms. The van der Waals surface area contributed by atoms with Crippen LogP contribution in [0, 0.1) is 11.3 Å². The molecule has 2 rings (SSSR count). The van der Waals surface area contributed by atoms with Crippen LogP contribution in [-0.2, 0) is 15.7 Å². The number of nitrogens with zero attached hydrogens (tertiary/aromatic N) is 1. The van der Waals surface area contributed by atoms with E-state index in [9.17, 15) is 9.00 Å². The molecular formula is C19H36N2O3S. The Labute approximate surface area is 155 Å². The van der Waals surface area contributed by atoms with Crippen LogP contribution in [0.1, 0.15) is 74.1 Å². The first-order valence-corrected chi connectivity index (χ1v) is 10.7. The molecule has 1 heterocycles. The molecule has 1 amide bonds. The van der Waals surface area contributed by atoms with E-state index < -0.39 is 16.6 Å². The smallest absolute Gasteiger partial charge is 0.410 e. The topological polar surface area (TPSA) is 58.6 Å². The number of hydrogen-bond acceptors (Lipinski definition) is 3. The average molecular weight is 373 g/mol. The van der Waals surface area contributed by atoms with Gasteiger partial charge in [0.2, 0.25) is 0 Å². The number of carbonyl (C=O) groups is 1. The van der Waals surface area contributed by atoms with Crippen molar-refractivity contribution in [3.8, 4) is 0 Å². The Morgan fingerprint density at radius 3 is 2.16 bits per heavy atom. The Hall–Kier alpha value is -0.620. The van der Waals surface area contributed by atoms with Gasteiger partial charge in [0.25, 0.3) is 0 Å². The second-order valence-corrected chi connectivity index (χ2v) is 11.8. The molecule has 146 valence electrons. The largest absolute Gasteiger partial charge is 0.444 e. The van der Waals surface area contributed by atoms with E-state index >= 15 is 0 Å². The lowest BCUT2D eigenvalue weighted by Crippen LogP contribution is -2.54. The fourth-order valence-corrected chi connectivity index (χ4v) is 5.06. The lowest BCUT2D eigenvalue weighted by atomic mass is 9.73. The lowest BCUT2D eigenvalue weighted by molar-refractivity contribution is 0.00750. The minimum Gasteiger partial charge on any atom is -0.444 e. The molecule has 0 aromatic heterocycles. The normalized spacial score (nSPS) is 28.2. The van der Waals surface area contributed by atoms with Crippen molar-refractivity contribution in [1.82, 2.24) is 9.62 Å². The van der Waals surface area contributed by atoms with Gasteiger partial charge in [-0.1, -0.05) is 6.92 Å². The Balaban J connectivity index is 2.02. The summed E-state index contributed by atoms with van der Waals surface area (Å²) in [7, 11) is -1.06. The number of piperidine rings is 1. The van der Waals surface area contributed by atoms with Gasteiger partial charge in [-0.2, -0.15) is 0 Å². The van der Waals surface area contributed by atoms with Gasteiger partial charge in [0, 0.05) is 19.1 Å². The third-order valence-electron chi connectivity index (χ3n) is 5.53. The number of ether oxygens (including phenoxy) is 1. The summed E-state index contributed by atoms with van der Waals surface area (Å²) < 4.78 is 21.3. The van der Waals surface area contributed by atoms with Crippen molar-refractivity contribution in [3.05, 3.63) is 0 Å². The zero-order valence-corrected chi connectivity index (χ0v) is 17.8. The van der Waals surface area contributed by atoms with Crippen molar-refractivity contribution < 1.29 is 13.7 Å². The molecule has 0 radical (unpaired) electrons. The SMILES string of the molecule is CC1CCC2(CCN(C(=O)OC(C)(C)C)CC2)[C@@H]1N[S@](=O)C(C)(C)C. The third kappa shape index (κ3) is 4.97. The molecule has 2 aliphatic rings. The van der Waals surface area contributed by atoms with Crippen LogP contribution in [0.25, 0.3) is 0 Å². The van der Waals surface area contributed by atoms with Crippen LogP contribution in [0.3, 0.4) is 0 Å². The highest BCUT2D eigenvalue weighted by Gasteiger charge is 2.49. The lowest BCUT2D eigenvalue weighted by Gasteiger charge is -2.44. The van der Waals surface area contributed by atoms with Gasteiger partial charge in [-0.3, -0.25) is 0 Å². The molecule has 1 aliphatic carbocycles. The van der Waals surface area contributed by atoms with Gasteiger partial charge >= 0.3 is 6.09 Å². The maximum atomic E-state index is 12.6. The minimum absolute atomic E-state index is 0.152. The first-order chi connectivity index (χ1) is 11.3. The minimum atomic E-state index is -1.06. The zero-order valence-electron chi connectivity index (χ0n) is 17.0. The van der Waals surface area contributed by atoms with Crippen molar-refractivity contribution in [2.75, 3.05) is 13.1 Å².